The highest BCUT2D eigenvalue weighted by atomic mass is 35.5. The molecule has 74 valence electrons. The van der Waals surface area contributed by atoms with Crippen molar-refractivity contribution in [3.63, 3.8) is 0 Å². The number of hydrogen-bond acceptors (Lipinski definition) is 2. The van der Waals surface area contributed by atoms with E-state index in [1.807, 2.05) is 0 Å². The number of amides is 1. The molecule has 0 unspecified atom stereocenters. The molecule has 0 saturated heterocycles. The van der Waals surface area contributed by atoms with Crippen molar-refractivity contribution in [3.8, 4) is 0 Å². The minimum atomic E-state index is -0.836. The molecule has 0 aromatic heterocycles. The largest absolute Gasteiger partial charge is 0.369 e. The SMILES string of the molecule is O=C1c2ccccc2[C@@H](O)N1CCCl. The van der Waals surface area contributed by atoms with E-state index in [2.05, 4.69) is 0 Å². The molecule has 1 aliphatic rings. The van der Waals surface area contributed by atoms with Crippen LogP contribution in [0.3, 0.4) is 0 Å². The van der Waals surface area contributed by atoms with E-state index in [4.69, 9.17) is 11.6 Å². The van der Waals surface area contributed by atoms with E-state index in [0.717, 1.165) is 0 Å². The number of carbonyl (C=O) groups excluding carboxylic acids is 1. The van der Waals surface area contributed by atoms with E-state index in [-0.39, 0.29) is 5.91 Å². The molecule has 14 heavy (non-hydrogen) atoms. The third-order valence-electron chi connectivity index (χ3n) is 2.35. The number of rotatable bonds is 2. The summed E-state index contributed by atoms with van der Waals surface area (Å²) in [6, 6.07) is 7.06. The molecule has 1 aromatic rings. The second kappa shape index (κ2) is 3.59. The number of nitrogens with zero attached hydrogens (tertiary/aromatic N) is 1. The summed E-state index contributed by atoms with van der Waals surface area (Å²) in [6.45, 7) is 0.371. The number of benzene rings is 1. The molecular weight excluding hydrogens is 202 g/mol. The van der Waals surface area contributed by atoms with Crippen LogP contribution in [0.5, 0.6) is 0 Å². The van der Waals surface area contributed by atoms with Crippen LogP contribution < -0.4 is 0 Å². The lowest BCUT2D eigenvalue weighted by molar-refractivity contribution is 0.0206. The average Bonchev–Trinajstić information content (AvgIpc) is 2.45. The van der Waals surface area contributed by atoms with Crippen molar-refractivity contribution in [2.24, 2.45) is 0 Å². The lowest BCUT2D eigenvalue weighted by atomic mass is 10.1. The molecule has 0 aliphatic carbocycles. The van der Waals surface area contributed by atoms with Gasteiger partial charge in [0.15, 0.2) is 6.23 Å². The monoisotopic (exact) mass is 211 g/mol. The molecule has 0 spiro atoms. The predicted octanol–water partition coefficient (Wildman–Crippen LogP) is 1.37. The molecule has 2 rings (SSSR count). The molecule has 0 bridgehead atoms. The smallest absolute Gasteiger partial charge is 0.256 e. The molecule has 0 fully saturated rings. The third-order valence-corrected chi connectivity index (χ3v) is 2.52. The molecule has 0 radical (unpaired) electrons. The zero-order valence-electron chi connectivity index (χ0n) is 7.48. The van der Waals surface area contributed by atoms with Crippen molar-refractivity contribution >= 4 is 17.5 Å². The highest BCUT2D eigenvalue weighted by Crippen LogP contribution is 2.30. The highest BCUT2D eigenvalue weighted by Gasteiger charge is 2.34. The van der Waals surface area contributed by atoms with Crippen LogP contribution in [0.2, 0.25) is 0 Å². The number of aliphatic hydroxyl groups excluding tert-OH is 1. The van der Waals surface area contributed by atoms with Crippen molar-refractivity contribution in [1.82, 2.24) is 4.90 Å². The van der Waals surface area contributed by atoms with E-state index in [1.54, 1.807) is 24.3 Å². The molecule has 1 atom stereocenters. The Morgan fingerprint density at radius 2 is 2.14 bits per heavy atom. The lowest BCUT2D eigenvalue weighted by Gasteiger charge is -2.18. The zero-order valence-corrected chi connectivity index (χ0v) is 8.24. The molecule has 0 saturated carbocycles. The summed E-state index contributed by atoms with van der Waals surface area (Å²) < 4.78 is 0. The van der Waals surface area contributed by atoms with Gasteiger partial charge in [0.05, 0.1) is 0 Å². The Hall–Kier alpha value is -1.06. The summed E-state index contributed by atoms with van der Waals surface area (Å²) in [7, 11) is 0. The summed E-state index contributed by atoms with van der Waals surface area (Å²) in [5, 5.41) is 9.79. The summed E-state index contributed by atoms with van der Waals surface area (Å²) in [6.07, 6.45) is -0.836. The fourth-order valence-electron chi connectivity index (χ4n) is 1.67. The number of alkyl halides is 1. The molecule has 3 nitrogen and oxygen atoms in total. The summed E-state index contributed by atoms with van der Waals surface area (Å²) >= 11 is 5.55. The fraction of sp³-hybridized carbons (Fsp3) is 0.300. The summed E-state index contributed by atoms with van der Waals surface area (Å²) in [5.74, 6) is 0.185. The Morgan fingerprint density at radius 3 is 2.79 bits per heavy atom. The van der Waals surface area contributed by atoms with Gasteiger partial charge in [0.25, 0.3) is 5.91 Å². The van der Waals surface area contributed by atoms with Crippen LogP contribution in [0.1, 0.15) is 22.1 Å². The normalized spacial score (nSPS) is 20.0. The number of halogens is 1. The van der Waals surface area contributed by atoms with Crippen LogP contribution in [0.25, 0.3) is 0 Å². The van der Waals surface area contributed by atoms with Gasteiger partial charge in [-0.2, -0.15) is 0 Å². The minimum Gasteiger partial charge on any atom is -0.369 e. The van der Waals surface area contributed by atoms with E-state index in [0.29, 0.717) is 23.6 Å². The van der Waals surface area contributed by atoms with Gasteiger partial charge in [-0.1, -0.05) is 18.2 Å². The Balaban J connectivity index is 2.38. The molecule has 1 aliphatic heterocycles. The standard InChI is InChI=1S/C10H10ClNO2/c11-5-6-12-9(13)7-3-1-2-4-8(7)10(12)14/h1-4,9,13H,5-6H2/t9-/m1/s1. The lowest BCUT2D eigenvalue weighted by Crippen LogP contribution is -2.29. The zero-order chi connectivity index (χ0) is 10.1. The summed E-state index contributed by atoms with van der Waals surface area (Å²) in [5.41, 5.74) is 1.24. The van der Waals surface area contributed by atoms with Gasteiger partial charge in [0.1, 0.15) is 0 Å². The molecule has 1 aromatic carbocycles. The van der Waals surface area contributed by atoms with Gasteiger partial charge < -0.3 is 10.0 Å². The number of aliphatic hydroxyl groups is 1. The van der Waals surface area contributed by atoms with Crippen LogP contribution in [-0.4, -0.2) is 28.3 Å². The third kappa shape index (κ3) is 1.29. The topological polar surface area (TPSA) is 40.5 Å². The van der Waals surface area contributed by atoms with Crippen LogP contribution in [-0.2, 0) is 0 Å². The Bertz CT molecular complexity index is 367. The maximum Gasteiger partial charge on any atom is 0.256 e. The van der Waals surface area contributed by atoms with Gasteiger partial charge in [-0.25, -0.2) is 0 Å². The van der Waals surface area contributed by atoms with E-state index in [1.165, 1.54) is 4.90 Å². The predicted molar refractivity (Wildman–Crippen MR) is 53.2 cm³/mol. The first-order valence-electron chi connectivity index (χ1n) is 4.39. The van der Waals surface area contributed by atoms with E-state index >= 15 is 0 Å². The molecule has 1 N–H and O–H groups in total. The van der Waals surface area contributed by atoms with Crippen molar-refractivity contribution in [2.45, 2.75) is 6.23 Å². The van der Waals surface area contributed by atoms with Gasteiger partial charge in [-0.05, 0) is 6.07 Å². The van der Waals surface area contributed by atoms with Crippen LogP contribution in [0.15, 0.2) is 24.3 Å². The second-order valence-electron chi connectivity index (χ2n) is 3.15. The van der Waals surface area contributed by atoms with Gasteiger partial charge in [0, 0.05) is 23.6 Å². The Kier molecular flexibility index (Phi) is 2.44. The quantitative estimate of drug-likeness (QED) is 0.751. The van der Waals surface area contributed by atoms with Crippen molar-refractivity contribution in [3.05, 3.63) is 35.4 Å². The van der Waals surface area contributed by atoms with E-state index < -0.39 is 6.23 Å². The molecule has 4 heteroatoms. The molecular formula is C10H10ClNO2. The molecule has 1 amide bonds. The highest BCUT2D eigenvalue weighted by molar-refractivity contribution is 6.18. The number of hydrogen-bond donors (Lipinski definition) is 1. The van der Waals surface area contributed by atoms with E-state index in [9.17, 15) is 9.90 Å². The van der Waals surface area contributed by atoms with Crippen molar-refractivity contribution in [2.75, 3.05) is 12.4 Å². The maximum absolute atomic E-state index is 11.7. The van der Waals surface area contributed by atoms with Crippen molar-refractivity contribution < 1.29 is 9.90 Å². The molecule has 1 heterocycles. The van der Waals surface area contributed by atoms with Gasteiger partial charge >= 0.3 is 0 Å². The first-order chi connectivity index (χ1) is 6.75. The Labute approximate surface area is 86.9 Å². The van der Waals surface area contributed by atoms with Gasteiger partial charge in [0.2, 0.25) is 0 Å². The fourth-order valence-corrected chi connectivity index (χ4v) is 1.85. The van der Waals surface area contributed by atoms with Crippen LogP contribution in [0.4, 0.5) is 0 Å². The minimum absolute atomic E-state index is 0.145. The average molecular weight is 212 g/mol. The number of fused-ring (bicyclic) bond motifs is 1. The second-order valence-corrected chi connectivity index (χ2v) is 3.53. The first kappa shape index (κ1) is 9.49. The van der Waals surface area contributed by atoms with Crippen molar-refractivity contribution in [1.29, 1.82) is 0 Å². The van der Waals surface area contributed by atoms with Crippen LogP contribution >= 0.6 is 11.6 Å². The summed E-state index contributed by atoms with van der Waals surface area (Å²) in [4.78, 5) is 13.1. The van der Waals surface area contributed by atoms with Gasteiger partial charge in [-0.3, -0.25) is 4.79 Å². The maximum atomic E-state index is 11.7. The number of carbonyl (C=O) groups is 1. The first-order valence-corrected chi connectivity index (χ1v) is 4.93. The Morgan fingerprint density at radius 1 is 1.43 bits per heavy atom. The van der Waals surface area contributed by atoms with Crippen LogP contribution in [0, 0.1) is 0 Å². The van der Waals surface area contributed by atoms with Gasteiger partial charge in [-0.15, -0.1) is 11.6 Å².